The van der Waals surface area contributed by atoms with Gasteiger partial charge in [-0.25, -0.2) is 0 Å². The van der Waals surface area contributed by atoms with Crippen LogP contribution in [-0.4, -0.2) is 44.2 Å². The Morgan fingerprint density at radius 1 is 1.40 bits per heavy atom. The van der Waals surface area contributed by atoms with E-state index in [9.17, 15) is 14.9 Å². The largest absolute Gasteiger partial charge is 0.383 e. The third-order valence-corrected chi connectivity index (χ3v) is 2.79. The van der Waals surface area contributed by atoms with E-state index >= 15 is 0 Å². The molecule has 0 saturated carbocycles. The van der Waals surface area contributed by atoms with Crippen molar-refractivity contribution in [2.24, 2.45) is 0 Å². The van der Waals surface area contributed by atoms with Gasteiger partial charge in [0.15, 0.2) is 0 Å². The molecular formula is C12H16ClN3O4. The molecule has 1 aromatic carbocycles. The monoisotopic (exact) mass is 301 g/mol. The molecule has 1 rings (SSSR count). The first-order chi connectivity index (χ1) is 9.56. The van der Waals surface area contributed by atoms with E-state index in [4.69, 9.17) is 16.3 Å². The number of nitrogens with one attached hydrogen (secondary N) is 2. The predicted molar refractivity (Wildman–Crippen MR) is 75.2 cm³/mol. The molecule has 0 atom stereocenters. The topological polar surface area (TPSA) is 93.5 Å². The Kier molecular flexibility index (Phi) is 6.92. The molecular weight excluding hydrogens is 286 g/mol. The Balaban J connectivity index is 2.45. The number of methoxy groups -OCH3 is 1. The van der Waals surface area contributed by atoms with E-state index in [0.29, 0.717) is 26.2 Å². The van der Waals surface area contributed by atoms with E-state index in [1.165, 1.54) is 12.1 Å². The number of ether oxygens (including phenoxy) is 1. The first-order valence-corrected chi connectivity index (χ1v) is 6.36. The number of carbonyl (C=O) groups excluding carboxylic acids is 1. The Morgan fingerprint density at radius 3 is 2.75 bits per heavy atom. The summed E-state index contributed by atoms with van der Waals surface area (Å²) in [4.78, 5) is 21.8. The van der Waals surface area contributed by atoms with Crippen LogP contribution < -0.4 is 10.6 Å². The average molecular weight is 302 g/mol. The third-order valence-electron chi connectivity index (χ3n) is 2.48. The van der Waals surface area contributed by atoms with Gasteiger partial charge in [-0.2, -0.15) is 0 Å². The lowest BCUT2D eigenvalue weighted by molar-refractivity contribution is -0.384. The van der Waals surface area contributed by atoms with Crippen molar-refractivity contribution >= 4 is 23.2 Å². The van der Waals surface area contributed by atoms with Crippen LogP contribution in [0.3, 0.4) is 0 Å². The van der Waals surface area contributed by atoms with Gasteiger partial charge in [0.1, 0.15) is 0 Å². The molecule has 0 saturated heterocycles. The van der Waals surface area contributed by atoms with Gasteiger partial charge >= 0.3 is 0 Å². The van der Waals surface area contributed by atoms with Gasteiger partial charge in [0.05, 0.1) is 22.1 Å². The maximum Gasteiger partial charge on any atom is 0.270 e. The molecule has 8 heteroatoms. The molecule has 0 aliphatic carbocycles. The first-order valence-electron chi connectivity index (χ1n) is 5.98. The number of benzene rings is 1. The molecule has 0 spiro atoms. The van der Waals surface area contributed by atoms with Gasteiger partial charge in [-0.15, -0.1) is 0 Å². The summed E-state index contributed by atoms with van der Waals surface area (Å²) in [5, 5.41) is 16.4. The van der Waals surface area contributed by atoms with Gasteiger partial charge in [-0.1, -0.05) is 11.6 Å². The second-order valence-electron chi connectivity index (χ2n) is 3.92. The van der Waals surface area contributed by atoms with Crippen molar-refractivity contribution < 1.29 is 14.5 Å². The van der Waals surface area contributed by atoms with Crippen LogP contribution in [0, 0.1) is 10.1 Å². The van der Waals surface area contributed by atoms with Gasteiger partial charge in [-0.05, 0) is 6.07 Å². The van der Waals surface area contributed by atoms with Gasteiger partial charge < -0.3 is 15.4 Å². The third kappa shape index (κ3) is 5.12. The van der Waals surface area contributed by atoms with Crippen molar-refractivity contribution in [2.75, 3.05) is 33.4 Å². The summed E-state index contributed by atoms with van der Waals surface area (Å²) < 4.78 is 4.86. The molecule has 0 aromatic heterocycles. The highest BCUT2D eigenvalue weighted by Gasteiger charge is 2.14. The van der Waals surface area contributed by atoms with Crippen molar-refractivity contribution in [3.8, 4) is 0 Å². The zero-order valence-electron chi connectivity index (χ0n) is 11.0. The molecule has 7 nitrogen and oxygen atoms in total. The fourth-order valence-corrected chi connectivity index (χ4v) is 1.72. The summed E-state index contributed by atoms with van der Waals surface area (Å²) in [5.74, 6) is -0.363. The molecule has 0 unspecified atom stereocenters. The minimum atomic E-state index is -0.562. The average Bonchev–Trinajstić information content (AvgIpc) is 2.42. The van der Waals surface area contributed by atoms with Crippen LogP contribution >= 0.6 is 11.6 Å². The Hall–Kier alpha value is -1.70. The van der Waals surface area contributed by atoms with Crippen molar-refractivity contribution in [2.45, 2.75) is 0 Å². The lowest BCUT2D eigenvalue weighted by atomic mass is 10.2. The lowest BCUT2D eigenvalue weighted by Crippen LogP contribution is -2.33. The highest BCUT2D eigenvalue weighted by Crippen LogP contribution is 2.22. The second-order valence-corrected chi connectivity index (χ2v) is 4.33. The van der Waals surface area contributed by atoms with E-state index in [1.807, 2.05) is 0 Å². The van der Waals surface area contributed by atoms with Crippen LogP contribution in [0.5, 0.6) is 0 Å². The number of amides is 1. The van der Waals surface area contributed by atoms with E-state index in [1.54, 1.807) is 7.11 Å². The molecule has 0 radical (unpaired) electrons. The number of nitro benzene ring substituents is 1. The number of halogens is 1. The molecule has 0 fully saturated rings. The number of non-ortho nitro benzene ring substituents is 1. The summed E-state index contributed by atoms with van der Waals surface area (Å²) in [5.41, 5.74) is 0.0712. The lowest BCUT2D eigenvalue weighted by Gasteiger charge is -2.07. The minimum Gasteiger partial charge on any atom is -0.383 e. The Bertz CT molecular complexity index is 482. The highest BCUT2D eigenvalue weighted by molar-refractivity contribution is 6.34. The molecule has 2 N–H and O–H groups in total. The molecule has 0 aliphatic rings. The molecule has 1 amide bonds. The summed E-state index contributed by atoms with van der Waals surface area (Å²) in [6.45, 7) is 2.32. The van der Waals surface area contributed by atoms with Crippen molar-refractivity contribution in [3.63, 3.8) is 0 Å². The first kappa shape index (κ1) is 16.4. The van der Waals surface area contributed by atoms with Crippen LogP contribution in [0.15, 0.2) is 18.2 Å². The smallest absolute Gasteiger partial charge is 0.270 e. The standard InChI is InChI=1S/C12H16ClN3O4/c1-20-7-6-14-4-5-15-12(17)10-3-2-9(16(18)19)8-11(10)13/h2-3,8,14H,4-7H2,1H3,(H,15,17). The van der Waals surface area contributed by atoms with E-state index in [-0.39, 0.29) is 22.2 Å². The molecule has 20 heavy (non-hydrogen) atoms. The van der Waals surface area contributed by atoms with Crippen LogP contribution in [0.2, 0.25) is 5.02 Å². The maximum atomic E-state index is 11.8. The molecule has 1 aromatic rings. The van der Waals surface area contributed by atoms with Gasteiger partial charge in [-0.3, -0.25) is 14.9 Å². The zero-order chi connectivity index (χ0) is 15.0. The Morgan fingerprint density at radius 2 is 2.15 bits per heavy atom. The number of nitrogens with zero attached hydrogens (tertiary/aromatic N) is 1. The summed E-state index contributed by atoms with van der Waals surface area (Å²) >= 11 is 5.85. The van der Waals surface area contributed by atoms with E-state index in [0.717, 1.165) is 6.07 Å². The van der Waals surface area contributed by atoms with Crippen molar-refractivity contribution in [1.82, 2.24) is 10.6 Å². The quantitative estimate of drug-likeness (QED) is 0.428. The number of hydrogen-bond donors (Lipinski definition) is 2. The zero-order valence-corrected chi connectivity index (χ0v) is 11.8. The molecule has 110 valence electrons. The number of nitro groups is 1. The van der Waals surface area contributed by atoms with E-state index < -0.39 is 4.92 Å². The summed E-state index contributed by atoms with van der Waals surface area (Å²) in [7, 11) is 1.61. The van der Waals surface area contributed by atoms with Crippen LogP contribution in [0.4, 0.5) is 5.69 Å². The number of hydrogen-bond acceptors (Lipinski definition) is 5. The maximum absolute atomic E-state index is 11.8. The van der Waals surface area contributed by atoms with Gasteiger partial charge in [0.2, 0.25) is 0 Å². The second kappa shape index (κ2) is 8.47. The Labute approximate surface area is 121 Å². The highest BCUT2D eigenvalue weighted by atomic mass is 35.5. The fourth-order valence-electron chi connectivity index (χ4n) is 1.46. The predicted octanol–water partition coefficient (Wildman–Crippen LogP) is 1.21. The summed E-state index contributed by atoms with van der Waals surface area (Å²) in [6, 6.07) is 3.75. The fraction of sp³-hybridized carbons (Fsp3) is 0.417. The summed E-state index contributed by atoms with van der Waals surface area (Å²) in [6.07, 6.45) is 0. The SMILES string of the molecule is COCCNCCNC(=O)c1ccc([N+](=O)[O-])cc1Cl. The van der Waals surface area contributed by atoms with Crippen molar-refractivity contribution in [1.29, 1.82) is 0 Å². The van der Waals surface area contributed by atoms with E-state index in [2.05, 4.69) is 10.6 Å². The molecule has 0 heterocycles. The van der Waals surface area contributed by atoms with Crippen LogP contribution in [-0.2, 0) is 4.74 Å². The molecule has 0 bridgehead atoms. The van der Waals surface area contributed by atoms with Gasteiger partial charge in [0.25, 0.3) is 11.6 Å². The van der Waals surface area contributed by atoms with Gasteiger partial charge in [0, 0.05) is 38.9 Å². The number of rotatable bonds is 8. The molecule has 0 aliphatic heterocycles. The van der Waals surface area contributed by atoms with Crippen molar-refractivity contribution in [3.05, 3.63) is 38.9 Å². The minimum absolute atomic E-state index is 0.0593. The van der Waals surface area contributed by atoms with Crippen LogP contribution in [0.1, 0.15) is 10.4 Å². The normalized spacial score (nSPS) is 10.3. The number of carbonyl (C=O) groups is 1. The van der Waals surface area contributed by atoms with Crippen LogP contribution in [0.25, 0.3) is 0 Å².